The lowest BCUT2D eigenvalue weighted by Gasteiger charge is -2.27. The Labute approximate surface area is 178 Å². The zero-order chi connectivity index (χ0) is 22.6. The molecule has 3 rings (SSSR count). The van der Waals surface area contributed by atoms with Gasteiger partial charge < -0.3 is 4.74 Å². The molecule has 0 aromatic heterocycles. The number of ether oxygens (including phenoxy) is 1. The summed E-state index contributed by atoms with van der Waals surface area (Å²) in [7, 11) is 0. The molecule has 0 aliphatic heterocycles. The Kier molecular flexibility index (Phi) is 6.99. The number of rotatable bonds is 6. The van der Waals surface area contributed by atoms with Crippen molar-refractivity contribution >= 4 is 0 Å². The molecule has 1 aliphatic rings. The van der Waals surface area contributed by atoms with Gasteiger partial charge in [0.25, 0.3) is 0 Å². The van der Waals surface area contributed by atoms with Gasteiger partial charge in [-0.25, -0.2) is 13.2 Å². The molecule has 1 fully saturated rings. The highest BCUT2D eigenvalue weighted by Gasteiger charge is 2.38. The van der Waals surface area contributed by atoms with Gasteiger partial charge in [0.05, 0.1) is 5.56 Å². The normalized spacial score (nSPS) is 19.4. The molecule has 7 heteroatoms. The van der Waals surface area contributed by atoms with Crippen molar-refractivity contribution in [3.63, 3.8) is 0 Å². The summed E-state index contributed by atoms with van der Waals surface area (Å²) in [5.74, 6) is -4.09. The van der Waals surface area contributed by atoms with Gasteiger partial charge in [-0.05, 0) is 61.6 Å². The molecule has 0 amide bonds. The zero-order valence-corrected chi connectivity index (χ0v) is 17.0. The summed E-state index contributed by atoms with van der Waals surface area (Å²) in [6.07, 6.45) is 4.75. The first kappa shape index (κ1) is 22.8. The maximum atomic E-state index is 14.6. The summed E-state index contributed by atoms with van der Waals surface area (Å²) in [5.41, 5.74) is -1.29. The number of halogens is 5. The maximum Gasteiger partial charge on any atom is 0.429 e. The maximum absolute atomic E-state index is 14.6. The van der Waals surface area contributed by atoms with Gasteiger partial charge in [-0.2, -0.15) is 14.0 Å². The minimum atomic E-state index is -4.15. The summed E-state index contributed by atoms with van der Waals surface area (Å²) in [5, 5.41) is 8.65. The molecule has 0 saturated heterocycles. The lowest BCUT2D eigenvalue weighted by Crippen LogP contribution is -2.24. The van der Waals surface area contributed by atoms with E-state index in [-0.39, 0.29) is 5.92 Å². The number of nitrogens with zero attached hydrogens (tertiary/aromatic N) is 1. The molecule has 2 nitrogen and oxygen atoms in total. The van der Waals surface area contributed by atoms with Crippen LogP contribution in [0.2, 0.25) is 0 Å². The second kappa shape index (κ2) is 9.51. The van der Waals surface area contributed by atoms with Crippen LogP contribution in [0.5, 0.6) is 5.75 Å². The first-order valence-corrected chi connectivity index (χ1v) is 10.2. The van der Waals surface area contributed by atoms with Crippen LogP contribution < -0.4 is 4.74 Å². The molecule has 0 radical (unpaired) electrons. The van der Waals surface area contributed by atoms with Crippen molar-refractivity contribution in [3.05, 3.63) is 76.6 Å². The quantitative estimate of drug-likeness (QED) is 0.351. The van der Waals surface area contributed by atoms with Gasteiger partial charge in [0.15, 0.2) is 0 Å². The predicted octanol–water partition coefficient (Wildman–Crippen LogP) is 7.34. The first-order chi connectivity index (χ1) is 14.7. The van der Waals surface area contributed by atoms with Crippen LogP contribution in [0, 0.1) is 34.7 Å². The fourth-order valence-corrected chi connectivity index (χ4v) is 3.91. The molecule has 0 bridgehead atoms. The van der Waals surface area contributed by atoms with E-state index >= 15 is 0 Å². The largest absolute Gasteiger partial charge is 0.429 e. The van der Waals surface area contributed by atoms with Crippen molar-refractivity contribution in [2.45, 2.75) is 51.1 Å². The van der Waals surface area contributed by atoms with Crippen molar-refractivity contribution in [2.24, 2.45) is 5.92 Å². The van der Waals surface area contributed by atoms with E-state index in [1.165, 1.54) is 12.1 Å². The summed E-state index contributed by atoms with van der Waals surface area (Å²) >= 11 is 0. The Hall–Kier alpha value is -2.88. The number of hydrogen-bond donors (Lipinski definition) is 0. The van der Waals surface area contributed by atoms with E-state index in [4.69, 9.17) is 5.26 Å². The molecule has 164 valence electrons. The number of alkyl halides is 2. The molecule has 1 saturated carbocycles. The zero-order valence-electron chi connectivity index (χ0n) is 17.0. The van der Waals surface area contributed by atoms with Crippen LogP contribution in [0.4, 0.5) is 22.0 Å². The predicted molar refractivity (Wildman–Crippen MR) is 106 cm³/mol. The van der Waals surface area contributed by atoms with Gasteiger partial charge in [0, 0.05) is 12.1 Å². The van der Waals surface area contributed by atoms with Crippen LogP contribution >= 0.6 is 0 Å². The van der Waals surface area contributed by atoms with Gasteiger partial charge in [-0.1, -0.05) is 25.1 Å². The molecule has 0 atom stereocenters. The van der Waals surface area contributed by atoms with Gasteiger partial charge >= 0.3 is 6.11 Å². The highest BCUT2D eigenvalue weighted by atomic mass is 19.3. The second-order valence-corrected chi connectivity index (χ2v) is 7.68. The molecular formula is C24H22F5NO. The third kappa shape index (κ3) is 5.25. The minimum Gasteiger partial charge on any atom is -0.429 e. The summed E-state index contributed by atoms with van der Waals surface area (Å²) in [6, 6.07) is 5.70. The van der Waals surface area contributed by atoms with E-state index < -0.39 is 40.4 Å². The van der Waals surface area contributed by atoms with Crippen molar-refractivity contribution in [2.75, 3.05) is 0 Å². The van der Waals surface area contributed by atoms with E-state index in [0.29, 0.717) is 23.6 Å². The fraction of sp³-hybridized carbons (Fsp3) is 0.375. The van der Waals surface area contributed by atoms with Crippen LogP contribution in [0.25, 0.3) is 0 Å². The molecule has 0 unspecified atom stereocenters. The van der Waals surface area contributed by atoms with Crippen molar-refractivity contribution in [1.82, 2.24) is 0 Å². The van der Waals surface area contributed by atoms with E-state index in [9.17, 15) is 22.0 Å². The number of hydrogen-bond acceptors (Lipinski definition) is 2. The average Bonchev–Trinajstić information content (AvgIpc) is 2.72. The van der Waals surface area contributed by atoms with Gasteiger partial charge in [0.2, 0.25) is 0 Å². The first-order valence-electron chi connectivity index (χ1n) is 10.2. The third-order valence-corrected chi connectivity index (χ3v) is 5.57. The lowest BCUT2D eigenvalue weighted by molar-refractivity contribution is -0.187. The molecule has 2 aromatic carbocycles. The van der Waals surface area contributed by atoms with Crippen molar-refractivity contribution in [3.8, 4) is 11.8 Å². The van der Waals surface area contributed by atoms with Crippen LogP contribution in [-0.4, -0.2) is 0 Å². The summed E-state index contributed by atoms with van der Waals surface area (Å²) < 4.78 is 75.3. The smallest absolute Gasteiger partial charge is 0.429 e. The van der Waals surface area contributed by atoms with Gasteiger partial charge in [0.1, 0.15) is 34.8 Å². The van der Waals surface area contributed by atoms with E-state index in [0.717, 1.165) is 44.2 Å². The molecule has 31 heavy (non-hydrogen) atoms. The number of benzene rings is 2. The molecule has 1 aliphatic carbocycles. The summed E-state index contributed by atoms with van der Waals surface area (Å²) in [4.78, 5) is 0. The van der Waals surface area contributed by atoms with E-state index in [1.54, 1.807) is 0 Å². The minimum absolute atomic E-state index is 0.0890. The summed E-state index contributed by atoms with van der Waals surface area (Å²) in [6.45, 7) is 2.07. The number of nitriles is 1. The average molecular weight is 435 g/mol. The topological polar surface area (TPSA) is 33.0 Å². The van der Waals surface area contributed by atoms with Crippen molar-refractivity contribution in [1.29, 1.82) is 5.26 Å². The van der Waals surface area contributed by atoms with E-state index in [1.807, 2.05) is 0 Å². The second-order valence-electron chi connectivity index (χ2n) is 7.68. The molecule has 0 N–H and O–H groups in total. The van der Waals surface area contributed by atoms with Gasteiger partial charge in [-0.15, -0.1) is 0 Å². The lowest BCUT2D eigenvalue weighted by atomic mass is 9.78. The monoisotopic (exact) mass is 435 g/mol. The van der Waals surface area contributed by atoms with Gasteiger partial charge in [-0.3, -0.25) is 0 Å². The Bertz CT molecular complexity index is 981. The van der Waals surface area contributed by atoms with E-state index in [2.05, 4.69) is 23.8 Å². The van der Waals surface area contributed by atoms with Crippen LogP contribution in [-0.2, 0) is 6.11 Å². The Balaban J connectivity index is 1.75. The van der Waals surface area contributed by atoms with Crippen LogP contribution in [0.1, 0.15) is 61.6 Å². The molecular weight excluding hydrogens is 413 g/mol. The Morgan fingerprint density at radius 3 is 2.23 bits per heavy atom. The SMILES string of the molecule is CC/C=C\C1CCC(c2ccc(C(F)(F)Oc3cc(F)c(C#N)c(F)c3)c(F)c2)CC1. The highest BCUT2D eigenvalue weighted by molar-refractivity contribution is 5.38. The molecule has 2 aromatic rings. The van der Waals surface area contributed by atoms with Crippen molar-refractivity contribution < 1.29 is 26.7 Å². The highest BCUT2D eigenvalue weighted by Crippen LogP contribution is 2.39. The third-order valence-electron chi connectivity index (χ3n) is 5.57. The van der Waals surface area contributed by atoms with Crippen LogP contribution in [0.15, 0.2) is 42.5 Å². The standard InChI is InChI=1S/C24H22F5NO/c1-2-3-4-15-5-7-16(8-6-15)17-9-10-20(23(27)11-17)24(28,29)31-18-12-21(25)19(14-30)22(26)13-18/h3-4,9-13,15-16H,2,5-8H2,1H3/b4-3-. The Morgan fingerprint density at radius 1 is 1.03 bits per heavy atom. The fourth-order valence-electron chi connectivity index (χ4n) is 3.91. The number of allylic oxidation sites excluding steroid dienone is 2. The Morgan fingerprint density at radius 2 is 1.68 bits per heavy atom. The molecule has 0 spiro atoms. The molecule has 0 heterocycles. The van der Waals surface area contributed by atoms with Crippen LogP contribution in [0.3, 0.4) is 0 Å².